The third-order valence-electron chi connectivity index (χ3n) is 2.97. The summed E-state index contributed by atoms with van der Waals surface area (Å²) in [5.74, 6) is -1.17. The number of ether oxygens (including phenoxy) is 2. The predicted octanol–water partition coefficient (Wildman–Crippen LogP) is 0.794. The third-order valence-corrected chi connectivity index (χ3v) is 2.97. The Labute approximate surface area is 122 Å². The first-order valence-corrected chi connectivity index (χ1v) is 6.74. The number of hydrogen-bond acceptors (Lipinski definition) is 5. The van der Waals surface area contributed by atoms with Crippen LogP contribution < -0.4 is 4.74 Å². The molecule has 0 saturated carbocycles. The fraction of sp³-hybridized carbons (Fsp3) is 0.500. The van der Waals surface area contributed by atoms with E-state index in [-0.39, 0.29) is 24.9 Å². The summed E-state index contributed by atoms with van der Waals surface area (Å²) in [7, 11) is 0. The standard InChI is InChI=1S/C14H18N2O5/c1-9(2)21-12-5-3-4-10(15-12)13(17)16-6-7-20-8-11(16)14(18)19/h3-5,9,11H,6-8H2,1-2H3,(H,18,19)/t11-/m0/s1. The molecule has 0 spiro atoms. The van der Waals surface area contributed by atoms with Gasteiger partial charge in [-0.3, -0.25) is 4.79 Å². The average molecular weight is 294 g/mol. The van der Waals surface area contributed by atoms with E-state index in [9.17, 15) is 9.59 Å². The van der Waals surface area contributed by atoms with Gasteiger partial charge in [0.25, 0.3) is 5.91 Å². The van der Waals surface area contributed by atoms with Gasteiger partial charge in [-0.25, -0.2) is 9.78 Å². The summed E-state index contributed by atoms with van der Waals surface area (Å²) in [4.78, 5) is 29.0. The van der Waals surface area contributed by atoms with E-state index < -0.39 is 17.9 Å². The Bertz CT molecular complexity index is 532. The lowest BCUT2D eigenvalue weighted by atomic mass is 10.2. The van der Waals surface area contributed by atoms with Gasteiger partial charge >= 0.3 is 5.97 Å². The highest BCUT2D eigenvalue weighted by atomic mass is 16.5. The van der Waals surface area contributed by atoms with Crippen molar-refractivity contribution in [1.82, 2.24) is 9.88 Å². The van der Waals surface area contributed by atoms with Crippen LogP contribution in [-0.4, -0.2) is 58.8 Å². The summed E-state index contributed by atoms with van der Waals surface area (Å²) in [5, 5.41) is 9.16. The van der Waals surface area contributed by atoms with Gasteiger partial charge in [-0.1, -0.05) is 6.07 Å². The maximum atomic E-state index is 12.4. The van der Waals surface area contributed by atoms with Crippen molar-refractivity contribution in [3.8, 4) is 5.88 Å². The number of aromatic nitrogens is 1. The maximum Gasteiger partial charge on any atom is 0.328 e. The van der Waals surface area contributed by atoms with E-state index in [1.807, 2.05) is 13.8 Å². The molecule has 0 radical (unpaired) electrons. The van der Waals surface area contributed by atoms with Crippen LogP contribution in [0.25, 0.3) is 0 Å². The molecule has 1 saturated heterocycles. The Hall–Kier alpha value is -2.15. The number of carbonyl (C=O) groups is 2. The van der Waals surface area contributed by atoms with Gasteiger partial charge in [0.1, 0.15) is 5.69 Å². The van der Waals surface area contributed by atoms with Gasteiger partial charge in [0.15, 0.2) is 6.04 Å². The molecule has 21 heavy (non-hydrogen) atoms. The zero-order chi connectivity index (χ0) is 15.4. The lowest BCUT2D eigenvalue weighted by Gasteiger charge is -2.32. The highest BCUT2D eigenvalue weighted by Crippen LogP contribution is 2.15. The Morgan fingerprint density at radius 1 is 1.48 bits per heavy atom. The minimum Gasteiger partial charge on any atom is -0.480 e. The molecule has 0 aromatic carbocycles. The summed E-state index contributed by atoms with van der Waals surface area (Å²) in [6.45, 7) is 4.25. The van der Waals surface area contributed by atoms with Crippen LogP contribution in [0.5, 0.6) is 5.88 Å². The second-order valence-corrected chi connectivity index (χ2v) is 4.96. The van der Waals surface area contributed by atoms with E-state index in [2.05, 4.69) is 4.98 Å². The minimum absolute atomic E-state index is 0.0107. The van der Waals surface area contributed by atoms with E-state index >= 15 is 0 Å². The quantitative estimate of drug-likeness (QED) is 0.883. The summed E-state index contributed by atoms with van der Waals surface area (Å²) in [5.41, 5.74) is 0.168. The number of aliphatic carboxylic acids is 1. The second-order valence-electron chi connectivity index (χ2n) is 4.96. The number of hydrogen-bond donors (Lipinski definition) is 1. The molecule has 0 aliphatic carbocycles. The highest BCUT2D eigenvalue weighted by molar-refractivity contribution is 5.95. The average Bonchev–Trinajstić information content (AvgIpc) is 2.46. The molecule has 1 fully saturated rings. The van der Waals surface area contributed by atoms with Crippen LogP contribution >= 0.6 is 0 Å². The topological polar surface area (TPSA) is 89.0 Å². The molecule has 7 nitrogen and oxygen atoms in total. The van der Waals surface area contributed by atoms with Crippen LogP contribution in [0.1, 0.15) is 24.3 Å². The molecule has 1 amide bonds. The minimum atomic E-state index is -1.09. The molecular formula is C14H18N2O5. The molecule has 1 aliphatic heterocycles. The number of pyridine rings is 1. The van der Waals surface area contributed by atoms with E-state index in [0.717, 1.165) is 0 Å². The lowest BCUT2D eigenvalue weighted by molar-refractivity contribution is -0.147. The van der Waals surface area contributed by atoms with Crippen molar-refractivity contribution in [2.45, 2.75) is 26.0 Å². The van der Waals surface area contributed by atoms with Gasteiger partial charge in [-0.2, -0.15) is 0 Å². The number of nitrogens with zero attached hydrogens (tertiary/aromatic N) is 2. The molecular weight excluding hydrogens is 276 g/mol. The predicted molar refractivity (Wildman–Crippen MR) is 73.3 cm³/mol. The zero-order valence-corrected chi connectivity index (χ0v) is 12.0. The lowest BCUT2D eigenvalue weighted by Crippen LogP contribution is -2.52. The molecule has 1 aliphatic rings. The Morgan fingerprint density at radius 3 is 2.90 bits per heavy atom. The molecule has 114 valence electrons. The van der Waals surface area contributed by atoms with Crippen LogP contribution in [0.3, 0.4) is 0 Å². The number of carboxylic acids is 1. The van der Waals surface area contributed by atoms with Crippen LogP contribution in [-0.2, 0) is 9.53 Å². The van der Waals surface area contributed by atoms with Crippen molar-refractivity contribution in [1.29, 1.82) is 0 Å². The van der Waals surface area contributed by atoms with Gasteiger partial charge in [-0.15, -0.1) is 0 Å². The first-order chi connectivity index (χ1) is 9.99. The van der Waals surface area contributed by atoms with Crippen molar-refractivity contribution < 1.29 is 24.2 Å². The number of rotatable bonds is 4. The fourth-order valence-corrected chi connectivity index (χ4v) is 2.04. The van der Waals surface area contributed by atoms with E-state index in [0.29, 0.717) is 12.5 Å². The van der Waals surface area contributed by atoms with Gasteiger partial charge in [0.05, 0.1) is 19.3 Å². The molecule has 1 aromatic rings. The number of carbonyl (C=O) groups excluding carboxylic acids is 1. The number of morpholine rings is 1. The van der Waals surface area contributed by atoms with Crippen molar-refractivity contribution in [3.63, 3.8) is 0 Å². The summed E-state index contributed by atoms with van der Waals surface area (Å²) < 4.78 is 10.6. The van der Waals surface area contributed by atoms with Crippen LogP contribution in [0.4, 0.5) is 0 Å². The summed E-state index contributed by atoms with van der Waals surface area (Å²) >= 11 is 0. The molecule has 1 atom stereocenters. The molecule has 7 heteroatoms. The first-order valence-electron chi connectivity index (χ1n) is 6.74. The van der Waals surface area contributed by atoms with Gasteiger partial charge < -0.3 is 19.5 Å². The summed E-state index contributed by atoms with van der Waals surface area (Å²) in [6.07, 6.45) is -0.0574. The first kappa shape index (κ1) is 15.2. The molecule has 1 N–H and O–H groups in total. The van der Waals surface area contributed by atoms with Crippen LogP contribution in [0, 0.1) is 0 Å². The van der Waals surface area contributed by atoms with Crippen LogP contribution in [0.2, 0.25) is 0 Å². The smallest absolute Gasteiger partial charge is 0.328 e. The van der Waals surface area contributed by atoms with Gasteiger partial charge in [0.2, 0.25) is 5.88 Å². The van der Waals surface area contributed by atoms with E-state index in [4.69, 9.17) is 14.6 Å². The van der Waals surface area contributed by atoms with E-state index in [1.165, 1.54) is 4.90 Å². The fourth-order valence-electron chi connectivity index (χ4n) is 2.04. The van der Waals surface area contributed by atoms with Crippen LogP contribution in [0.15, 0.2) is 18.2 Å². The molecule has 2 heterocycles. The highest BCUT2D eigenvalue weighted by Gasteiger charge is 2.33. The Morgan fingerprint density at radius 2 is 2.24 bits per heavy atom. The van der Waals surface area contributed by atoms with E-state index in [1.54, 1.807) is 18.2 Å². The van der Waals surface area contributed by atoms with Gasteiger partial charge in [0, 0.05) is 12.6 Å². The molecule has 1 aromatic heterocycles. The number of amides is 1. The van der Waals surface area contributed by atoms with Crippen molar-refractivity contribution in [3.05, 3.63) is 23.9 Å². The Kier molecular flexibility index (Phi) is 4.74. The second kappa shape index (κ2) is 6.53. The maximum absolute atomic E-state index is 12.4. The van der Waals surface area contributed by atoms with Crippen molar-refractivity contribution in [2.24, 2.45) is 0 Å². The Balaban J connectivity index is 2.20. The van der Waals surface area contributed by atoms with Gasteiger partial charge in [-0.05, 0) is 19.9 Å². The SMILES string of the molecule is CC(C)Oc1cccc(C(=O)N2CCOC[C@H]2C(=O)O)n1. The number of carboxylic acid groups (broad SMARTS) is 1. The molecule has 0 bridgehead atoms. The van der Waals surface area contributed by atoms with Crippen molar-refractivity contribution >= 4 is 11.9 Å². The zero-order valence-electron chi connectivity index (χ0n) is 12.0. The molecule has 2 rings (SSSR count). The summed E-state index contributed by atoms with van der Waals surface area (Å²) in [6, 6.07) is 3.88. The van der Waals surface area contributed by atoms with Crippen molar-refractivity contribution in [2.75, 3.05) is 19.8 Å². The molecule has 0 unspecified atom stereocenters. The largest absolute Gasteiger partial charge is 0.480 e. The normalized spacial score (nSPS) is 18.6. The third kappa shape index (κ3) is 3.69. The monoisotopic (exact) mass is 294 g/mol.